The van der Waals surface area contributed by atoms with E-state index >= 15 is 0 Å². The van der Waals surface area contributed by atoms with Crippen LogP contribution in [-0.4, -0.2) is 30.4 Å². The third-order valence-corrected chi connectivity index (χ3v) is 5.35. The van der Waals surface area contributed by atoms with E-state index in [-0.39, 0.29) is 35.9 Å². The highest BCUT2D eigenvalue weighted by Gasteiger charge is 2.22. The van der Waals surface area contributed by atoms with Crippen LogP contribution in [0, 0.1) is 0 Å². The minimum atomic E-state index is 0. The summed E-state index contributed by atoms with van der Waals surface area (Å²) in [7, 11) is 1.74. The van der Waals surface area contributed by atoms with Crippen molar-refractivity contribution in [3.63, 3.8) is 0 Å². The first-order valence-electron chi connectivity index (χ1n) is 9.64. The summed E-state index contributed by atoms with van der Waals surface area (Å²) >= 11 is 6.26. The molecule has 0 aromatic heterocycles. The van der Waals surface area contributed by atoms with Crippen LogP contribution in [0.1, 0.15) is 42.5 Å². The van der Waals surface area contributed by atoms with E-state index in [2.05, 4.69) is 27.8 Å². The third-order valence-electron chi connectivity index (χ3n) is 5.00. The number of nitrogens with zero attached hydrogens (tertiary/aromatic N) is 2. The van der Waals surface area contributed by atoms with Crippen molar-refractivity contribution in [3.05, 3.63) is 70.2 Å². The van der Waals surface area contributed by atoms with Crippen molar-refractivity contribution >= 4 is 47.4 Å². The van der Waals surface area contributed by atoms with Gasteiger partial charge >= 0.3 is 0 Å². The van der Waals surface area contributed by atoms with Crippen LogP contribution >= 0.6 is 35.6 Å². The number of aliphatic imine (C=N–C) groups is 1. The monoisotopic (exact) mass is 526 g/mol. The number of rotatable bonds is 6. The lowest BCUT2D eigenvalue weighted by atomic mass is 10.1. The maximum atomic E-state index is 12.5. The number of carbonyl (C=O) groups excluding carboxylic acids is 1. The fourth-order valence-corrected chi connectivity index (χ4v) is 3.72. The Morgan fingerprint density at radius 1 is 1.14 bits per heavy atom. The van der Waals surface area contributed by atoms with Crippen LogP contribution in [0.3, 0.4) is 0 Å². The molecule has 0 bridgehead atoms. The number of guanidine groups is 1. The highest BCUT2D eigenvalue weighted by molar-refractivity contribution is 14.0. The first-order valence-corrected chi connectivity index (χ1v) is 10.0. The van der Waals surface area contributed by atoms with Gasteiger partial charge in [0.25, 0.3) is 0 Å². The minimum Gasteiger partial charge on any atom is -0.356 e. The number of halogens is 2. The van der Waals surface area contributed by atoms with Crippen molar-refractivity contribution in [2.45, 2.75) is 38.9 Å². The van der Waals surface area contributed by atoms with Gasteiger partial charge in [0.2, 0.25) is 5.91 Å². The average molecular weight is 527 g/mol. The summed E-state index contributed by atoms with van der Waals surface area (Å²) in [6.07, 6.45) is 1.28. The molecule has 0 spiro atoms. The lowest BCUT2D eigenvalue weighted by molar-refractivity contribution is -0.131. The van der Waals surface area contributed by atoms with E-state index in [9.17, 15) is 4.79 Å². The van der Waals surface area contributed by atoms with E-state index in [1.807, 2.05) is 48.2 Å². The van der Waals surface area contributed by atoms with Gasteiger partial charge in [0, 0.05) is 38.1 Å². The van der Waals surface area contributed by atoms with Crippen LogP contribution in [0.25, 0.3) is 0 Å². The predicted octanol–water partition coefficient (Wildman–Crippen LogP) is 4.51. The quantitative estimate of drug-likeness (QED) is 0.252. The molecule has 2 aromatic rings. The molecule has 0 fully saturated rings. The smallest absolute Gasteiger partial charge is 0.223 e. The molecule has 2 N–H and O–H groups in total. The molecule has 1 aliphatic rings. The lowest BCUT2D eigenvalue weighted by Crippen LogP contribution is -2.39. The summed E-state index contributed by atoms with van der Waals surface area (Å²) in [5.74, 6) is 0.902. The fourth-order valence-electron chi connectivity index (χ4n) is 3.42. The fraction of sp³-hybridized carbons (Fsp3) is 0.364. The number of hydrogen-bond acceptors (Lipinski definition) is 2. The Kier molecular flexibility index (Phi) is 9.23. The molecule has 1 atom stereocenters. The standard InChI is InChI=1S/C22H27ClN4O.HI/c1-16(19-10-5-6-11-20(19)23)26-22(24-2)25-13-7-12-21(28)27-14-17-8-3-4-9-18(17)15-27;/h3-6,8-11,16H,7,12-15H2,1-2H3,(H2,24,25,26);1H. The minimum absolute atomic E-state index is 0. The molecular weight excluding hydrogens is 499 g/mol. The molecule has 2 aromatic carbocycles. The zero-order chi connectivity index (χ0) is 19.9. The molecule has 3 rings (SSSR count). The topological polar surface area (TPSA) is 56.7 Å². The van der Waals surface area contributed by atoms with Crippen molar-refractivity contribution in [2.75, 3.05) is 13.6 Å². The summed E-state index contributed by atoms with van der Waals surface area (Å²) in [4.78, 5) is 18.7. The Hall–Kier alpha value is -1.80. The maximum absolute atomic E-state index is 12.5. The molecule has 1 aliphatic heterocycles. The van der Waals surface area contributed by atoms with Crippen molar-refractivity contribution in [2.24, 2.45) is 4.99 Å². The molecule has 1 amide bonds. The SMILES string of the molecule is CN=C(NCCCC(=O)N1Cc2ccccc2C1)NC(C)c1ccccc1Cl.I. The number of amides is 1. The molecule has 0 saturated heterocycles. The Balaban J connectivity index is 0.00000300. The van der Waals surface area contributed by atoms with Gasteiger partial charge in [-0.3, -0.25) is 9.79 Å². The van der Waals surface area contributed by atoms with Gasteiger partial charge in [-0.2, -0.15) is 0 Å². The molecule has 5 nitrogen and oxygen atoms in total. The molecule has 156 valence electrons. The summed E-state index contributed by atoms with van der Waals surface area (Å²) in [6, 6.07) is 16.1. The molecule has 1 unspecified atom stereocenters. The van der Waals surface area contributed by atoms with Gasteiger partial charge < -0.3 is 15.5 Å². The van der Waals surface area contributed by atoms with Gasteiger partial charge in [0.05, 0.1) is 6.04 Å². The van der Waals surface area contributed by atoms with Crippen LogP contribution < -0.4 is 10.6 Å². The Labute approximate surface area is 194 Å². The van der Waals surface area contributed by atoms with Gasteiger partial charge in [0.15, 0.2) is 5.96 Å². The molecule has 7 heteroatoms. The molecule has 0 radical (unpaired) electrons. The predicted molar refractivity (Wildman–Crippen MR) is 130 cm³/mol. The van der Waals surface area contributed by atoms with Crippen LogP contribution in [0.2, 0.25) is 5.02 Å². The lowest BCUT2D eigenvalue weighted by Gasteiger charge is -2.19. The van der Waals surface area contributed by atoms with Gasteiger partial charge in [0.1, 0.15) is 0 Å². The third kappa shape index (κ3) is 6.34. The second-order valence-electron chi connectivity index (χ2n) is 7.01. The number of fused-ring (bicyclic) bond motifs is 1. The highest BCUT2D eigenvalue weighted by Crippen LogP contribution is 2.23. The van der Waals surface area contributed by atoms with Gasteiger partial charge in [-0.1, -0.05) is 54.1 Å². The van der Waals surface area contributed by atoms with Crippen LogP contribution in [0.5, 0.6) is 0 Å². The van der Waals surface area contributed by atoms with Crippen LogP contribution in [0.15, 0.2) is 53.5 Å². The first-order chi connectivity index (χ1) is 13.6. The van der Waals surface area contributed by atoms with E-state index in [1.165, 1.54) is 11.1 Å². The zero-order valence-corrected chi connectivity index (χ0v) is 19.9. The van der Waals surface area contributed by atoms with Crippen LogP contribution in [0.4, 0.5) is 0 Å². The van der Waals surface area contributed by atoms with Crippen molar-refractivity contribution in [1.29, 1.82) is 0 Å². The van der Waals surface area contributed by atoms with Crippen molar-refractivity contribution in [3.8, 4) is 0 Å². The summed E-state index contributed by atoms with van der Waals surface area (Å²) < 4.78 is 0. The summed E-state index contributed by atoms with van der Waals surface area (Å²) in [5, 5.41) is 7.35. The average Bonchev–Trinajstić information content (AvgIpc) is 3.14. The molecule has 1 heterocycles. The van der Waals surface area contributed by atoms with E-state index < -0.39 is 0 Å². The number of hydrogen-bond donors (Lipinski definition) is 2. The Morgan fingerprint density at radius 3 is 2.38 bits per heavy atom. The number of benzene rings is 2. The van der Waals surface area contributed by atoms with E-state index in [0.29, 0.717) is 18.9 Å². The Morgan fingerprint density at radius 2 is 1.76 bits per heavy atom. The zero-order valence-electron chi connectivity index (χ0n) is 16.8. The highest BCUT2D eigenvalue weighted by atomic mass is 127. The van der Waals surface area contributed by atoms with Gasteiger partial charge in [-0.05, 0) is 36.1 Å². The van der Waals surface area contributed by atoms with Gasteiger partial charge in [-0.15, -0.1) is 24.0 Å². The van der Waals surface area contributed by atoms with Crippen molar-refractivity contribution in [1.82, 2.24) is 15.5 Å². The number of nitrogens with one attached hydrogen (secondary N) is 2. The summed E-state index contributed by atoms with van der Waals surface area (Å²) in [5.41, 5.74) is 3.54. The van der Waals surface area contributed by atoms with Crippen LogP contribution in [-0.2, 0) is 17.9 Å². The first kappa shape index (κ1) is 23.5. The summed E-state index contributed by atoms with van der Waals surface area (Å²) in [6.45, 7) is 4.17. The molecule has 0 saturated carbocycles. The maximum Gasteiger partial charge on any atom is 0.223 e. The van der Waals surface area contributed by atoms with E-state index in [4.69, 9.17) is 11.6 Å². The second kappa shape index (κ2) is 11.4. The van der Waals surface area contributed by atoms with Gasteiger partial charge in [-0.25, -0.2) is 0 Å². The largest absolute Gasteiger partial charge is 0.356 e. The normalized spacial score (nSPS) is 14.0. The molecule has 0 aliphatic carbocycles. The molecule has 29 heavy (non-hydrogen) atoms. The van der Waals surface area contributed by atoms with E-state index in [1.54, 1.807) is 7.05 Å². The Bertz CT molecular complexity index is 833. The van der Waals surface area contributed by atoms with Crippen molar-refractivity contribution < 1.29 is 4.79 Å². The second-order valence-corrected chi connectivity index (χ2v) is 7.42. The van der Waals surface area contributed by atoms with E-state index in [0.717, 1.165) is 30.1 Å². The number of carbonyl (C=O) groups is 1. The molecular formula is C22H28ClIN4O.